The fourth-order valence-electron chi connectivity index (χ4n) is 1.68. The topological polar surface area (TPSA) is 52.9 Å². The van der Waals surface area contributed by atoms with Crippen LogP contribution in [0.3, 0.4) is 0 Å². The van der Waals surface area contributed by atoms with E-state index in [0.717, 1.165) is 4.90 Å². The highest BCUT2D eigenvalue weighted by Gasteiger charge is 2.04. The van der Waals surface area contributed by atoms with Crippen LogP contribution in [0.2, 0.25) is 0 Å². The predicted molar refractivity (Wildman–Crippen MR) is 81.7 cm³/mol. The normalized spacial score (nSPS) is 9.80. The van der Waals surface area contributed by atoms with Gasteiger partial charge < -0.3 is 5.32 Å². The van der Waals surface area contributed by atoms with Gasteiger partial charge in [-0.05, 0) is 43.3 Å². The zero-order chi connectivity index (χ0) is 14.4. The molecule has 0 saturated heterocycles. The maximum atomic E-state index is 11.8. The first-order valence-corrected chi connectivity index (χ1v) is 7.15. The molecule has 20 heavy (non-hydrogen) atoms. The van der Waals surface area contributed by atoms with E-state index in [0.29, 0.717) is 17.0 Å². The second-order valence-corrected chi connectivity index (χ2v) is 5.39. The second-order valence-electron chi connectivity index (χ2n) is 4.34. The number of rotatable bonds is 4. The minimum absolute atomic E-state index is 0.0544. The quantitative estimate of drug-likeness (QED) is 0.872. The summed E-state index contributed by atoms with van der Waals surface area (Å²) in [5, 5.41) is 11.5. The van der Waals surface area contributed by atoms with E-state index in [9.17, 15) is 4.79 Å². The van der Waals surface area contributed by atoms with Crippen molar-refractivity contribution in [2.75, 3.05) is 11.1 Å². The maximum Gasteiger partial charge on any atom is 0.234 e. The summed E-state index contributed by atoms with van der Waals surface area (Å²) in [5.41, 5.74) is 2.47. The van der Waals surface area contributed by atoms with Crippen LogP contribution in [0.5, 0.6) is 0 Å². The standard InChI is InChI=1S/C16H14N2OS/c1-12-3-2-4-15(9-12)20-11-16(19)18-14-7-5-13(10-17)6-8-14/h2-9H,11H2,1H3,(H,18,19). The Bertz CT molecular complexity index is 644. The highest BCUT2D eigenvalue weighted by atomic mass is 32.2. The molecule has 4 heteroatoms. The SMILES string of the molecule is Cc1cccc(SCC(=O)Nc2ccc(C#N)cc2)c1. The Morgan fingerprint density at radius 3 is 2.65 bits per heavy atom. The minimum Gasteiger partial charge on any atom is -0.325 e. The van der Waals surface area contributed by atoms with Gasteiger partial charge in [-0.15, -0.1) is 11.8 Å². The summed E-state index contributed by atoms with van der Waals surface area (Å²) in [5.74, 6) is 0.310. The van der Waals surface area contributed by atoms with Gasteiger partial charge in [-0.2, -0.15) is 5.26 Å². The molecule has 0 fully saturated rings. The van der Waals surface area contributed by atoms with E-state index in [1.807, 2.05) is 31.2 Å². The number of nitrogens with zero attached hydrogens (tertiary/aromatic N) is 1. The lowest BCUT2D eigenvalue weighted by Gasteiger charge is -2.05. The molecule has 0 unspecified atom stereocenters. The van der Waals surface area contributed by atoms with Gasteiger partial charge in [0.15, 0.2) is 0 Å². The van der Waals surface area contributed by atoms with E-state index in [1.165, 1.54) is 17.3 Å². The first-order chi connectivity index (χ1) is 9.67. The molecule has 0 aromatic heterocycles. The average Bonchev–Trinajstić information content (AvgIpc) is 2.46. The van der Waals surface area contributed by atoms with E-state index < -0.39 is 0 Å². The number of amides is 1. The van der Waals surface area contributed by atoms with Crippen molar-refractivity contribution in [3.8, 4) is 6.07 Å². The largest absolute Gasteiger partial charge is 0.325 e. The molecule has 0 aliphatic rings. The van der Waals surface area contributed by atoms with Crippen LogP contribution in [-0.4, -0.2) is 11.7 Å². The number of hydrogen-bond donors (Lipinski definition) is 1. The summed E-state index contributed by atoms with van der Waals surface area (Å²) in [6, 6.07) is 16.9. The number of hydrogen-bond acceptors (Lipinski definition) is 3. The highest BCUT2D eigenvalue weighted by Crippen LogP contribution is 2.19. The number of nitrogens with one attached hydrogen (secondary N) is 1. The minimum atomic E-state index is -0.0544. The zero-order valence-electron chi connectivity index (χ0n) is 11.1. The third kappa shape index (κ3) is 4.15. The molecule has 100 valence electrons. The van der Waals surface area contributed by atoms with Crippen molar-refractivity contribution >= 4 is 23.4 Å². The van der Waals surface area contributed by atoms with Gasteiger partial charge in [0.05, 0.1) is 17.4 Å². The molecule has 0 atom stereocenters. The molecule has 2 aromatic carbocycles. The van der Waals surface area contributed by atoms with Crippen LogP contribution in [0.1, 0.15) is 11.1 Å². The van der Waals surface area contributed by atoms with Crippen molar-refractivity contribution in [2.24, 2.45) is 0 Å². The summed E-state index contributed by atoms with van der Waals surface area (Å²) < 4.78 is 0. The van der Waals surface area contributed by atoms with Crippen molar-refractivity contribution in [3.63, 3.8) is 0 Å². The van der Waals surface area contributed by atoms with Crippen LogP contribution in [0.4, 0.5) is 5.69 Å². The lowest BCUT2D eigenvalue weighted by molar-refractivity contribution is -0.113. The Balaban J connectivity index is 1.87. The zero-order valence-corrected chi connectivity index (χ0v) is 11.9. The van der Waals surface area contributed by atoms with E-state index in [-0.39, 0.29) is 5.91 Å². The van der Waals surface area contributed by atoms with Crippen LogP contribution >= 0.6 is 11.8 Å². The summed E-state index contributed by atoms with van der Waals surface area (Å²) in [6.45, 7) is 2.03. The first kappa shape index (κ1) is 14.2. The maximum absolute atomic E-state index is 11.8. The Morgan fingerprint density at radius 2 is 2.00 bits per heavy atom. The van der Waals surface area contributed by atoms with Gasteiger partial charge in [0.1, 0.15) is 0 Å². The van der Waals surface area contributed by atoms with Gasteiger partial charge in [0.25, 0.3) is 0 Å². The van der Waals surface area contributed by atoms with Crippen LogP contribution in [0.25, 0.3) is 0 Å². The molecule has 1 amide bonds. The van der Waals surface area contributed by atoms with Gasteiger partial charge in [-0.3, -0.25) is 4.79 Å². The number of carbonyl (C=O) groups excluding carboxylic acids is 1. The molecule has 2 rings (SSSR count). The Labute approximate surface area is 122 Å². The van der Waals surface area contributed by atoms with Crippen molar-refractivity contribution < 1.29 is 4.79 Å². The molecule has 0 aliphatic carbocycles. The van der Waals surface area contributed by atoms with Crippen molar-refractivity contribution in [2.45, 2.75) is 11.8 Å². The van der Waals surface area contributed by atoms with E-state index >= 15 is 0 Å². The number of nitriles is 1. The van der Waals surface area contributed by atoms with E-state index in [1.54, 1.807) is 24.3 Å². The van der Waals surface area contributed by atoms with Crippen LogP contribution in [0, 0.1) is 18.3 Å². The van der Waals surface area contributed by atoms with Crippen molar-refractivity contribution in [3.05, 3.63) is 59.7 Å². The number of thioether (sulfide) groups is 1. The fourth-order valence-corrected chi connectivity index (χ4v) is 2.49. The molecule has 0 spiro atoms. The van der Waals surface area contributed by atoms with Gasteiger partial charge in [-0.25, -0.2) is 0 Å². The number of carbonyl (C=O) groups is 1. The Morgan fingerprint density at radius 1 is 1.25 bits per heavy atom. The molecule has 2 aromatic rings. The molecule has 3 nitrogen and oxygen atoms in total. The van der Waals surface area contributed by atoms with Gasteiger partial charge in [0, 0.05) is 10.6 Å². The van der Waals surface area contributed by atoms with E-state index in [4.69, 9.17) is 5.26 Å². The molecule has 0 heterocycles. The van der Waals surface area contributed by atoms with Crippen LogP contribution < -0.4 is 5.32 Å². The lowest BCUT2D eigenvalue weighted by atomic mass is 10.2. The lowest BCUT2D eigenvalue weighted by Crippen LogP contribution is -2.13. The van der Waals surface area contributed by atoms with Crippen molar-refractivity contribution in [1.82, 2.24) is 0 Å². The molecular formula is C16H14N2OS. The molecule has 0 radical (unpaired) electrons. The fraction of sp³-hybridized carbons (Fsp3) is 0.125. The van der Waals surface area contributed by atoms with Gasteiger partial charge >= 0.3 is 0 Å². The smallest absolute Gasteiger partial charge is 0.234 e. The molecule has 1 N–H and O–H groups in total. The van der Waals surface area contributed by atoms with E-state index in [2.05, 4.69) is 11.4 Å². The molecule has 0 aliphatic heterocycles. The number of benzene rings is 2. The van der Waals surface area contributed by atoms with Crippen LogP contribution in [0.15, 0.2) is 53.4 Å². The highest BCUT2D eigenvalue weighted by molar-refractivity contribution is 8.00. The molecular weight excluding hydrogens is 268 g/mol. The summed E-state index contributed by atoms with van der Waals surface area (Å²) >= 11 is 1.51. The van der Waals surface area contributed by atoms with Gasteiger partial charge in [0.2, 0.25) is 5.91 Å². The first-order valence-electron chi connectivity index (χ1n) is 6.17. The number of anilines is 1. The third-order valence-corrected chi connectivity index (χ3v) is 3.65. The molecule has 0 saturated carbocycles. The predicted octanol–water partition coefficient (Wildman–Crippen LogP) is 3.60. The summed E-state index contributed by atoms with van der Waals surface area (Å²) in [4.78, 5) is 12.9. The molecule has 0 bridgehead atoms. The van der Waals surface area contributed by atoms with Crippen LogP contribution in [-0.2, 0) is 4.79 Å². The summed E-state index contributed by atoms with van der Waals surface area (Å²) in [6.07, 6.45) is 0. The average molecular weight is 282 g/mol. The Kier molecular flexibility index (Phi) is 4.80. The van der Waals surface area contributed by atoms with Gasteiger partial charge in [-0.1, -0.05) is 17.7 Å². The second kappa shape index (κ2) is 6.78. The third-order valence-electron chi connectivity index (χ3n) is 2.66. The number of aryl methyl sites for hydroxylation is 1. The monoisotopic (exact) mass is 282 g/mol. The summed E-state index contributed by atoms with van der Waals surface area (Å²) in [7, 11) is 0. The Hall–Kier alpha value is -2.25. The van der Waals surface area contributed by atoms with Crippen molar-refractivity contribution in [1.29, 1.82) is 5.26 Å².